The number of carbonyl (C=O) groups excluding carboxylic acids is 2. The van der Waals surface area contributed by atoms with Crippen molar-refractivity contribution >= 4 is 17.5 Å². The zero-order valence-corrected chi connectivity index (χ0v) is 10.9. The number of hydrogen-bond acceptors (Lipinski definition) is 4. The molecule has 0 aliphatic carbocycles. The maximum atomic E-state index is 10.9. The largest absolute Gasteiger partial charge is 0.388 e. The number of aliphatic hydroxyl groups is 2. The Hall–Kier alpha value is -1.92. The Bertz CT molecular complexity index is 462. The molecule has 2 unspecified atom stereocenters. The number of anilines is 1. The van der Waals surface area contributed by atoms with Crippen LogP contribution in [-0.2, 0) is 9.59 Å². The molecule has 0 bridgehead atoms. The topological polar surface area (TPSA) is 98.7 Å². The fourth-order valence-electron chi connectivity index (χ4n) is 1.59. The summed E-state index contributed by atoms with van der Waals surface area (Å²) < 4.78 is 0. The minimum absolute atomic E-state index is 0.0408. The molecule has 1 aromatic rings. The Morgan fingerprint density at radius 1 is 1.21 bits per heavy atom. The number of hydrogen-bond donors (Lipinski definition) is 4. The lowest BCUT2D eigenvalue weighted by atomic mass is 10.0. The van der Waals surface area contributed by atoms with Crippen molar-refractivity contribution in [2.75, 3.05) is 11.9 Å². The van der Waals surface area contributed by atoms with Crippen molar-refractivity contribution in [2.45, 2.75) is 26.1 Å². The van der Waals surface area contributed by atoms with Crippen molar-refractivity contribution in [3.8, 4) is 0 Å². The van der Waals surface area contributed by atoms with Crippen molar-refractivity contribution in [3.63, 3.8) is 0 Å². The number of benzene rings is 1. The fraction of sp³-hybridized carbons (Fsp3) is 0.385. The summed E-state index contributed by atoms with van der Waals surface area (Å²) in [6.45, 7) is 2.67. The Morgan fingerprint density at radius 2 is 1.89 bits per heavy atom. The Morgan fingerprint density at radius 3 is 2.47 bits per heavy atom. The maximum Gasteiger partial charge on any atom is 0.221 e. The van der Waals surface area contributed by atoms with Crippen LogP contribution in [-0.4, -0.2) is 34.7 Å². The van der Waals surface area contributed by atoms with E-state index in [4.69, 9.17) is 0 Å². The minimum Gasteiger partial charge on any atom is -0.388 e. The average Bonchev–Trinajstić information content (AvgIpc) is 2.34. The summed E-state index contributed by atoms with van der Waals surface area (Å²) in [5, 5.41) is 24.7. The molecule has 1 aromatic carbocycles. The van der Waals surface area contributed by atoms with Gasteiger partial charge in [-0.1, -0.05) is 12.1 Å². The molecule has 0 aliphatic rings. The normalized spacial score (nSPS) is 13.5. The quantitative estimate of drug-likeness (QED) is 0.611. The van der Waals surface area contributed by atoms with Crippen LogP contribution in [0, 0.1) is 0 Å². The van der Waals surface area contributed by atoms with E-state index in [-0.39, 0.29) is 18.4 Å². The summed E-state index contributed by atoms with van der Waals surface area (Å²) in [6, 6.07) is 6.54. The molecule has 19 heavy (non-hydrogen) atoms. The highest BCUT2D eigenvalue weighted by atomic mass is 16.3. The molecule has 0 aromatic heterocycles. The van der Waals surface area contributed by atoms with Gasteiger partial charge in [0.25, 0.3) is 0 Å². The van der Waals surface area contributed by atoms with Gasteiger partial charge in [0.1, 0.15) is 12.2 Å². The van der Waals surface area contributed by atoms with Crippen LogP contribution in [0.25, 0.3) is 0 Å². The van der Waals surface area contributed by atoms with Crippen LogP contribution in [0.3, 0.4) is 0 Å². The fourth-order valence-corrected chi connectivity index (χ4v) is 1.59. The van der Waals surface area contributed by atoms with Crippen molar-refractivity contribution in [1.29, 1.82) is 0 Å². The smallest absolute Gasteiger partial charge is 0.221 e. The van der Waals surface area contributed by atoms with Gasteiger partial charge >= 0.3 is 0 Å². The summed E-state index contributed by atoms with van der Waals surface area (Å²) in [4.78, 5) is 21.7. The van der Waals surface area contributed by atoms with Crippen molar-refractivity contribution in [1.82, 2.24) is 5.32 Å². The summed E-state index contributed by atoms with van der Waals surface area (Å²) in [5.74, 6) is -0.497. The monoisotopic (exact) mass is 266 g/mol. The van der Waals surface area contributed by atoms with Gasteiger partial charge in [-0.3, -0.25) is 9.59 Å². The van der Waals surface area contributed by atoms with Crippen molar-refractivity contribution in [2.24, 2.45) is 0 Å². The molecule has 104 valence electrons. The maximum absolute atomic E-state index is 10.9. The standard InChI is InChI=1S/C13H18N2O4/c1-8(16)14-7-12(18)13(19)10-4-3-5-11(6-10)15-9(2)17/h3-6,12-13,18-19H,7H2,1-2H3,(H,14,16)(H,15,17). The number of nitrogens with one attached hydrogen (secondary N) is 2. The van der Waals surface area contributed by atoms with E-state index in [9.17, 15) is 19.8 Å². The Balaban J connectivity index is 2.72. The first kappa shape index (κ1) is 15.1. The summed E-state index contributed by atoms with van der Waals surface area (Å²) >= 11 is 0. The van der Waals surface area contributed by atoms with Gasteiger partial charge in [-0.2, -0.15) is 0 Å². The third-order valence-electron chi connectivity index (χ3n) is 2.47. The van der Waals surface area contributed by atoms with E-state index in [0.29, 0.717) is 11.3 Å². The molecule has 0 spiro atoms. The lowest BCUT2D eigenvalue weighted by Gasteiger charge is -2.19. The predicted molar refractivity (Wildman–Crippen MR) is 70.4 cm³/mol. The van der Waals surface area contributed by atoms with Gasteiger partial charge in [0.05, 0.1) is 0 Å². The van der Waals surface area contributed by atoms with Crippen LogP contribution in [0.2, 0.25) is 0 Å². The molecule has 0 saturated carbocycles. The van der Waals surface area contributed by atoms with Gasteiger partial charge in [-0.05, 0) is 17.7 Å². The molecule has 0 aliphatic heterocycles. The third kappa shape index (κ3) is 5.07. The van der Waals surface area contributed by atoms with Crippen LogP contribution in [0.4, 0.5) is 5.69 Å². The molecule has 1 rings (SSSR count). The average molecular weight is 266 g/mol. The molecule has 0 saturated heterocycles. The SMILES string of the molecule is CC(=O)NCC(O)C(O)c1cccc(NC(C)=O)c1. The van der Waals surface area contributed by atoms with Gasteiger partial charge < -0.3 is 20.8 Å². The zero-order chi connectivity index (χ0) is 14.4. The van der Waals surface area contributed by atoms with Gasteiger partial charge in [0, 0.05) is 26.1 Å². The summed E-state index contributed by atoms with van der Waals surface area (Å²) in [5.41, 5.74) is 1.000. The van der Waals surface area contributed by atoms with Crippen LogP contribution >= 0.6 is 0 Å². The molecule has 2 atom stereocenters. The molecular formula is C13H18N2O4. The number of carbonyl (C=O) groups is 2. The lowest BCUT2D eigenvalue weighted by Crippen LogP contribution is -2.34. The second-order valence-electron chi connectivity index (χ2n) is 4.26. The van der Waals surface area contributed by atoms with Crippen LogP contribution in [0.1, 0.15) is 25.5 Å². The third-order valence-corrected chi connectivity index (χ3v) is 2.47. The van der Waals surface area contributed by atoms with Gasteiger partial charge in [0.2, 0.25) is 11.8 Å². The molecule has 0 radical (unpaired) electrons. The molecule has 2 amide bonds. The van der Waals surface area contributed by atoms with Gasteiger partial charge in [0.15, 0.2) is 0 Å². The minimum atomic E-state index is -1.14. The van der Waals surface area contributed by atoms with Crippen LogP contribution < -0.4 is 10.6 Å². The van der Waals surface area contributed by atoms with Gasteiger partial charge in [-0.25, -0.2) is 0 Å². The van der Waals surface area contributed by atoms with E-state index in [1.807, 2.05) is 0 Å². The van der Waals surface area contributed by atoms with E-state index in [1.165, 1.54) is 13.8 Å². The lowest BCUT2D eigenvalue weighted by molar-refractivity contribution is -0.120. The first-order valence-corrected chi connectivity index (χ1v) is 5.88. The van der Waals surface area contributed by atoms with Crippen molar-refractivity contribution < 1.29 is 19.8 Å². The predicted octanol–water partition coefficient (Wildman–Crippen LogP) is 0.175. The molecule has 6 nitrogen and oxygen atoms in total. The number of aliphatic hydroxyl groups excluding tert-OH is 2. The highest BCUT2D eigenvalue weighted by Crippen LogP contribution is 2.20. The first-order chi connectivity index (χ1) is 8.90. The van der Waals surface area contributed by atoms with E-state index in [0.717, 1.165) is 0 Å². The van der Waals surface area contributed by atoms with Crippen LogP contribution in [0.15, 0.2) is 24.3 Å². The molecule has 0 heterocycles. The van der Waals surface area contributed by atoms with E-state index in [1.54, 1.807) is 24.3 Å². The molecule has 0 fully saturated rings. The summed E-state index contributed by atoms with van der Waals surface area (Å²) in [7, 11) is 0. The first-order valence-electron chi connectivity index (χ1n) is 5.88. The van der Waals surface area contributed by atoms with E-state index in [2.05, 4.69) is 10.6 Å². The second kappa shape index (κ2) is 6.86. The summed E-state index contributed by atoms with van der Waals surface area (Å²) in [6.07, 6.45) is -2.25. The van der Waals surface area contributed by atoms with Crippen molar-refractivity contribution in [3.05, 3.63) is 29.8 Å². The molecule has 6 heteroatoms. The number of amides is 2. The number of rotatable bonds is 5. The molecular weight excluding hydrogens is 248 g/mol. The Kier molecular flexibility index (Phi) is 5.47. The van der Waals surface area contributed by atoms with Crippen LogP contribution in [0.5, 0.6) is 0 Å². The second-order valence-corrected chi connectivity index (χ2v) is 4.26. The van der Waals surface area contributed by atoms with E-state index < -0.39 is 12.2 Å². The van der Waals surface area contributed by atoms with Gasteiger partial charge in [-0.15, -0.1) is 0 Å². The highest BCUT2D eigenvalue weighted by molar-refractivity contribution is 5.88. The van der Waals surface area contributed by atoms with E-state index >= 15 is 0 Å². The zero-order valence-electron chi connectivity index (χ0n) is 10.9. The Labute approximate surface area is 111 Å². The molecule has 4 N–H and O–H groups in total. The highest BCUT2D eigenvalue weighted by Gasteiger charge is 2.18.